The second-order valence-corrected chi connectivity index (χ2v) is 7.20. The first-order valence-electron chi connectivity index (χ1n) is 8.87. The molecule has 2 aliphatic carbocycles. The first-order chi connectivity index (χ1) is 9.42. The summed E-state index contributed by atoms with van der Waals surface area (Å²) >= 11 is 0. The molecule has 2 saturated carbocycles. The van der Waals surface area contributed by atoms with Crippen LogP contribution < -0.4 is 5.32 Å². The molecule has 0 radical (unpaired) electrons. The molecule has 2 nitrogen and oxygen atoms in total. The van der Waals surface area contributed by atoms with E-state index < -0.39 is 0 Å². The Hall–Kier alpha value is -0.0800. The van der Waals surface area contributed by atoms with Gasteiger partial charge in [-0.25, -0.2) is 0 Å². The summed E-state index contributed by atoms with van der Waals surface area (Å²) in [6.07, 6.45) is 14.7. The lowest BCUT2D eigenvalue weighted by molar-refractivity contribution is 0.203. The summed E-state index contributed by atoms with van der Waals surface area (Å²) in [5.41, 5.74) is 0. The lowest BCUT2D eigenvalue weighted by atomic mass is 9.83. The molecule has 110 valence electrons. The zero-order valence-corrected chi connectivity index (χ0v) is 12.6. The van der Waals surface area contributed by atoms with Gasteiger partial charge in [-0.1, -0.05) is 32.1 Å². The highest BCUT2D eigenvalue weighted by molar-refractivity contribution is 4.84. The predicted octanol–water partition coefficient (Wildman–Crippen LogP) is 3.42. The maximum Gasteiger partial charge on any atom is 0.0223 e. The van der Waals surface area contributed by atoms with Crippen LogP contribution in [0.3, 0.4) is 0 Å². The average molecular weight is 264 g/mol. The van der Waals surface area contributed by atoms with Gasteiger partial charge in [-0.2, -0.15) is 0 Å². The molecule has 0 aromatic heterocycles. The van der Waals surface area contributed by atoms with Gasteiger partial charge >= 0.3 is 0 Å². The van der Waals surface area contributed by atoms with Gasteiger partial charge in [-0.3, -0.25) is 0 Å². The molecule has 1 N–H and O–H groups in total. The highest BCUT2D eigenvalue weighted by atomic mass is 15.2. The van der Waals surface area contributed by atoms with Crippen molar-refractivity contribution in [3.8, 4) is 0 Å². The summed E-state index contributed by atoms with van der Waals surface area (Å²) < 4.78 is 0. The van der Waals surface area contributed by atoms with Gasteiger partial charge in [-0.15, -0.1) is 0 Å². The van der Waals surface area contributed by atoms with E-state index in [1.807, 2.05) is 0 Å². The smallest absolute Gasteiger partial charge is 0.0223 e. The average Bonchev–Trinajstić information content (AvgIpc) is 3.27. The third-order valence-electron chi connectivity index (χ3n) is 5.52. The lowest BCUT2D eigenvalue weighted by Crippen LogP contribution is -2.43. The van der Waals surface area contributed by atoms with Crippen LogP contribution in [0.2, 0.25) is 0 Å². The minimum Gasteiger partial charge on any atom is -0.312 e. The van der Waals surface area contributed by atoms with Crippen molar-refractivity contribution in [2.75, 3.05) is 26.2 Å². The third-order valence-corrected chi connectivity index (χ3v) is 5.52. The van der Waals surface area contributed by atoms with Crippen LogP contribution in [0, 0.1) is 11.8 Å². The van der Waals surface area contributed by atoms with E-state index in [-0.39, 0.29) is 0 Å². The molecule has 0 aromatic rings. The van der Waals surface area contributed by atoms with E-state index in [0.29, 0.717) is 0 Å². The van der Waals surface area contributed by atoms with Crippen LogP contribution in [0.1, 0.15) is 64.2 Å². The molecular formula is C17H32N2. The van der Waals surface area contributed by atoms with E-state index in [0.717, 1.165) is 17.9 Å². The van der Waals surface area contributed by atoms with Crippen molar-refractivity contribution < 1.29 is 0 Å². The number of hydrogen-bond acceptors (Lipinski definition) is 2. The molecule has 1 saturated heterocycles. The van der Waals surface area contributed by atoms with Gasteiger partial charge < -0.3 is 10.2 Å². The molecular weight excluding hydrogens is 232 g/mol. The molecule has 1 aliphatic heterocycles. The topological polar surface area (TPSA) is 15.3 Å². The maximum absolute atomic E-state index is 3.85. The largest absolute Gasteiger partial charge is 0.312 e. The number of nitrogens with zero attached hydrogens (tertiary/aromatic N) is 1. The molecule has 3 aliphatic rings. The van der Waals surface area contributed by atoms with Crippen molar-refractivity contribution in [1.29, 1.82) is 0 Å². The van der Waals surface area contributed by atoms with Gasteiger partial charge in [0, 0.05) is 12.6 Å². The maximum atomic E-state index is 3.85. The fourth-order valence-corrected chi connectivity index (χ4v) is 4.09. The van der Waals surface area contributed by atoms with Crippen molar-refractivity contribution in [3.05, 3.63) is 0 Å². The zero-order chi connectivity index (χ0) is 12.9. The van der Waals surface area contributed by atoms with Crippen LogP contribution in [-0.2, 0) is 0 Å². The zero-order valence-electron chi connectivity index (χ0n) is 12.6. The van der Waals surface area contributed by atoms with E-state index in [1.54, 1.807) is 0 Å². The van der Waals surface area contributed by atoms with Crippen molar-refractivity contribution in [1.82, 2.24) is 10.2 Å². The van der Waals surface area contributed by atoms with Crippen molar-refractivity contribution in [2.24, 2.45) is 11.8 Å². The number of hydrogen-bond donors (Lipinski definition) is 1. The Morgan fingerprint density at radius 2 is 1.79 bits per heavy atom. The Labute approximate surface area is 119 Å². The fraction of sp³-hybridized carbons (Fsp3) is 1.00. The molecule has 1 unspecified atom stereocenters. The van der Waals surface area contributed by atoms with Gasteiger partial charge in [0.25, 0.3) is 0 Å². The standard InChI is InChI=1S/C17H32N2/c1-2-7-16(8-3-1)17-14-19(13-5-11-18-17)12-4-6-15-9-10-15/h15-18H,1-14H2. The van der Waals surface area contributed by atoms with Gasteiger partial charge in [0.05, 0.1) is 0 Å². The highest BCUT2D eigenvalue weighted by Gasteiger charge is 2.27. The molecule has 19 heavy (non-hydrogen) atoms. The van der Waals surface area contributed by atoms with Crippen LogP contribution in [0.4, 0.5) is 0 Å². The second-order valence-electron chi connectivity index (χ2n) is 7.20. The normalized spacial score (nSPS) is 31.3. The summed E-state index contributed by atoms with van der Waals surface area (Å²) in [4.78, 5) is 2.77. The first-order valence-corrected chi connectivity index (χ1v) is 8.87. The molecule has 0 amide bonds. The molecule has 2 heteroatoms. The van der Waals surface area contributed by atoms with Crippen LogP contribution in [0.25, 0.3) is 0 Å². The minimum absolute atomic E-state index is 0.795. The van der Waals surface area contributed by atoms with E-state index in [9.17, 15) is 0 Å². The van der Waals surface area contributed by atoms with Gasteiger partial charge in [-0.05, 0) is 63.6 Å². The van der Waals surface area contributed by atoms with E-state index in [2.05, 4.69) is 10.2 Å². The van der Waals surface area contributed by atoms with Gasteiger partial charge in [0.2, 0.25) is 0 Å². The Morgan fingerprint density at radius 1 is 0.947 bits per heavy atom. The molecule has 3 rings (SSSR count). The molecule has 0 spiro atoms. The SMILES string of the molecule is C1CCC(C2CN(CCCC3CC3)CCCN2)CC1. The van der Waals surface area contributed by atoms with Gasteiger partial charge in [0.15, 0.2) is 0 Å². The molecule has 1 heterocycles. The van der Waals surface area contributed by atoms with E-state index in [1.165, 1.54) is 90.4 Å². The monoisotopic (exact) mass is 264 g/mol. The predicted molar refractivity (Wildman–Crippen MR) is 81.4 cm³/mol. The van der Waals surface area contributed by atoms with Crippen LogP contribution in [0.5, 0.6) is 0 Å². The Kier molecular flexibility index (Phi) is 5.17. The lowest BCUT2D eigenvalue weighted by Gasteiger charge is -2.33. The highest BCUT2D eigenvalue weighted by Crippen LogP contribution is 2.33. The number of rotatable bonds is 5. The van der Waals surface area contributed by atoms with E-state index in [4.69, 9.17) is 0 Å². The summed E-state index contributed by atoms with van der Waals surface area (Å²) in [6, 6.07) is 0.795. The van der Waals surface area contributed by atoms with Gasteiger partial charge in [0.1, 0.15) is 0 Å². The molecule has 3 fully saturated rings. The van der Waals surface area contributed by atoms with Crippen molar-refractivity contribution in [3.63, 3.8) is 0 Å². The summed E-state index contributed by atoms with van der Waals surface area (Å²) in [5, 5.41) is 3.85. The third kappa shape index (κ3) is 4.46. The quantitative estimate of drug-likeness (QED) is 0.818. The minimum atomic E-state index is 0.795. The Balaban J connectivity index is 1.44. The van der Waals surface area contributed by atoms with Crippen LogP contribution in [0.15, 0.2) is 0 Å². The fourth-order valence-electron chi connectivity index (χ4n) is 4.09. The first kappa shape index (κ1) is 13.9. The molecule has 1 atom stereocenters. The Bertz CT molecular complexity index is 256. The van der Waals surface area contributed by atoms with Crippen molar-refractivity contribution >= 4 is 0 Å². The van der Waals surface area contributed by atoms with Crippen LogP contribution in [-0.4, -0.2) is 37.1 Å². The summed E-state index contributed by atoms with van der Waals surface area (Å²) in [5.74, 6) is 2.08. The van der Waals surface area contributed by atoms with Crippen LogP contribution >= 0.6 is 0 Å². The van der Waals surface area contributed by atoms with E-state index >= 15 is 0 Å². The molecule has 0 aromatic carbocycles. The number of nitrogens with one attached hydrogen (secondary N) is 1. The summed E-state index contributed by atoms with van der Waals surface area (Å²) in [7, 11) is 0. The summed E-state index contributed by atoms with van der Waals surface area (Å²) in [6.45, 7) is 5.28. The van der Waals surface area contributed by atoms with Crippen molar-refractivity contribution in [2.45, 2.75) is 70.3 Å². The Morgan fingerprint density at radius 3 is 2.58 bits per heavy atom. The second kappa shape index (κ2) is 7.08. The molecule has 0 bridgehead atoms.